The summed E-state index contributed by atoms with van der Waals surface area (Å²) >= 11 is 0. The lowest BCUT2D eigenvalue weighted by Gasteiger charge is -2.14. The molecule has 1 atom stereocenters. The molecule has 1 rings (SSSR count). The molecule has 0 bridgehead atoms. The van der Waals surface area contributed by atoms with E-state index in [2.05, 4.69) is 4.72 Å². The van der Waals surface area contributed by atoms with E-state index >= 15 is 0 Å². The molecule has 0 saturated carbocycles. The third kappa shape index (κ3) is 4.92. The fourth-order valence-corrected chi connectivity index (χ4v) is 2.86. The molecular weight excluding hydrogens is 282 g/mol. The Morgan fingerprint density at radius 2 is 1.95 bits per heavy atom. The van der Waals surface area contributed by atoms with Gasteiger partial charge in [0.25, 0.3) is 0 Å². The quantitative estimate of drug-likeness (QED) is 0.703. The Morgan fingerprint density at radius 1 is 1.35 bits per heavy atom. The van der Waals surface area contributed by atoms with Gasteiger partial charge in [0.15, 0.2) is 0 Å². The topological polar surface area (TPSA) is 92.7 Å². The van der Waals surface area contributed by atoms with Gasteiger partial charge in [-0.25, -0.2) is 8.42 Å². The molecule has 0 aliphatic heterocycles. The number of nitrogens with one attached hydrogen (secondary N) is 1. The molecule has 0 amide bonds. The van der Waals surface area contributed by atoms with Crippen molar-refractivity contribution in [1.82, 2.24) is 4.72 Å². The molecule has 0 aliphatic rings. The molecule has 0 saturated heterocycles. The van der Waals surface area contributed by atoms with Crippen LogP contribution in [0.15, 0.2) is 29.2 Å². The highest BCUT2D eigenvalue weighted by Gasteiger charge is 2.24. The Bertz CT molecular complexity index is 538. The minimum Gasteiger partial charge on any atom is -0.480 e. The minimum atomic E-state index is -3.83. The van der Waals surface area contributed by atoms with Crippen molar-refractivity contribution in [2.24, 2.45) is 0 Å². The lowest BCUT2D eigenvalue weighted by atomic mass is 10.2. The molecule has 0 fully saturated rings. The summed E-state index contributed by atoms with van der Waals surface area (Å²) in [5, 5.41) is 9.06. The van der Waals surface area contributed by atoms with Crippen LogP contribution in [0.3, 0.4) is 0 Å². The van der Waals surface area contributed by atoms with Gasteiger partial charge >= 0.3 is 5.97 Å². The van der Waals surface area contributed by atoms with Crippen LogP contribution in [0.5, 0.6) is 0 Å². The van der Waals surface area contributed by atoms with E-state index in [9.17, 15) is 13.2 Å². The van der Waals surface area contributed by atoms with Crippen LogP contribution in [-0.2, 0) is 19.6 Å². The summed E-state index contributed by atoms with van der Waals surface area (Å²) in [4.78, 5) is 11.1. The lowest BCUT2D eigenvalue weighted by molar-refractivity contribution is -0.139. The van der Waals surface area contributed by atoms with E-state index in [4.69, 9.17) is 9.84 Å². The molecule has 1 aromatic carbocycles. The second-order valence-electron chi connectivity index (χ2n) is 4.46. The van der Waals surface area contributed by atoms with Gasteiger partial charge < -0.3 is 9.84 Å². The van der Waals surface area contributed by atoms with Crippen molar-refractivity contribution in [2.45, 2.75) is 30.7 Å². The van der Waals surface area contributed by atoms with Gasteiger partial charge in [0, 0.05) is 13.7 Å². The Morgan fingerprint density at radius 3 is 2.45 bits per heavy atom. The van der Waals surface area contributed by atoms with Crippen LogP contribution in [0, 0.1) is 6.92 Å². The molecule has 1 aromatic rings. The predicted molar refractivity (Wildman–Crippen MR) is 74.0 cm³/mol. The van der Waals surface area contributed by atoms with E-state index in [1.807, 2.05) is 6.92 Å². The maximum Gasteiger partial charge on any atom is 0.321 e. The van der Waals surface area contributed by atoms with E-state index in [1.54, 1.807) is 12.1 Å². The summed E-state index contributed by atoms with van der Waals surface area (Å²) in [5.74, 6) is -1.20. The van der Waals surface area contributed by atoms with Crippen LogP contribution in [0.1, 0.15) is 18.4 Å². The van der Waals surface area contributed by atoms with Gasteiger partial charge in [0.05, 0.1) is 4.90 Å². The molecule has 0 aliphatic carbocycles. The molecule has 7 heteroatoms. The molecule has 0 radical (unpaired) electrons. The van der Waals surface area contributed by atoms with Crippen molar-refractivity contribution in [2.75, 3.05) is 13.7 Å². The third-order valence-corrected chi connectivity index (χ3v) is 4.26. The molecule has 0 spiro atoms. The van der Waals surface area contributed by atoms with Crippen molar-refractivity contribution in [3.8, 4) is 0 Å². The van der Waals surface area contributed by atoms with Crippen LogP contribution in [0.4, 0.5) is 0 Å². The minimum absolute atomic E-state index is 0.0566. The number of hydrogen-bond donors (Lipinski definition) is 2. The standard InChI is InChI=1S/C13H19NO5S/c1-10-5-7-11(8-6-10)20(17,18)14-12(13(15)16)4-3-9-19-2/h5-8,12,14H,3-4,9H2,1-2H3,(H,15,16). The summed E-state index contributed by atoms with van der Waals surface area (Å²) in [6.07, 6.45) is 0.637. The largest absolute Gasteiger partial charge is 0.480 e. The first-order chi connectivity index (χ1) is 9.36. The van der Waals surface area contributed by atoms with Crippen LogP contribution >= 0.6 is 0 Å². The molecule has 1 unspecified atom stereocenters. The number of sulfonamides is 1. The third-order valence-electron chi connectivity index (χ3n) is 2.77. The van der Waals surface area contributed by atoms with Crippen LogP contribution in [0.2, 0.25) is 0 Å². The molecule has 20 heavy (non-hydrogen) atoms. The summed E-state index contributed by atoms with van der Waals surface area (Å²) in [6, 6.07) is 5.07. The maximum atomic E-state index is 12.1. The average Bonchev–Trinajstić information content (AvgIpc) is 2.38. The van der Waals surface area contributed by atoms with E-state index in [0.717, 1.165) is 5.56 Å². The van der Waals surface area contributed by atoms with Gasteiger partial charge in [-0.05, 0) is 31.9 Å². The van der Waals surface area contributed by atoms with E-state index in [-0.39, 0.29) is 11.3 Å². The highest BCUT2D eigenvalue weighted by Crippen LogP contribution is 2.12. The van der Waals surface area contributed by atoms with Crippen LogP contribution in [0.25, 0.3) is 0 Å². The van der Waals surface area contributed by atoms with E-state index in [1.165, 1.54) is 19.2 Å². The summed E-state index contributed by atoms with van der Waals surface area (Å²) in [6.45, 7) is 2.23. The lowest BCUT2D eigenvalue weighted by Crippen LogP contribution is -2.40. The average molecular weight is 301 g/mol. The van der Waals surface area contributed by atoms with Crippen LogP contribution in [-0.4, -0.2) is 39.3 Å². The summed E-state index contributed by atoms with van der Waals surface area (Å²) in [7, 11) is -2.32. The number of aryl methyl sites for hydroxylation is 1. The first-order valence-electron chi connectivity index (χ1n) is 6.17. The Kier molecular flexibility index (Phi) is 6.12. The zero-order valence-electron chi connectivity index (χ0n) is 11.5. The van der Waals surface area contributed by atoms with Gasteiger partial charge in [-0.3, -0.25) is 4.79 Å². The number of carbonyl (C=O) groups is 1. The Labute approximate surface area is 118 Å². The Hall–Kier alpha value is -1.44. The first-order valence-corrected chi connectivity index (χ1v) is 7.66. The number of ether oxygens (including phenoxy) is 1. The van der Waals surface area contributed by atoms with Crippen molar-refractivity contribution < 1.29 is 23.1 Å². The molecule has 112 valence electrons. The fourth-order valence-electron chi connectivity index (χ4n) is 1.64. The molecule has 2 N–H and O–H groups in total. The number of carboxylic acids is 1. The number of benzene rings is 1. The zero-order chi connectivity index (χ0) is 15.2. The second-order valence-corrected chi connectivity index (χ2v) is 6.17. The van der Waals surface area contributed by atoms with Gasteiger partial charge in [0.2, 0.25) is 10.0 Å². The highest BCUT2D eigenvalue weighted by molar-refractivity contribution is 7.89. The molecule has 0 heterocycles. The fraction of sp³-hybridized carbons (Fsp3) is 0.462. The second kappa shape index (κ2) is 7.37. The molecular formula is C13H19NO5S. The predicted octanol–water partition coefficient (Wildman–Crippen LogP) is 1.15. The van der Waals surface area contributed by atoms with E-state index < -0.39 is 22.0 Å². The SMILES string of the molecule is COCCCC(NS(=O)(=O)c1ccc(C)cc1)C(=O)O. The van der Waals surface area contributed by atoms with Gasteiger partial charge in [-0.2, -0.15) is 4.72 Å². The first kappa shape index (κ1) is 16.6. The van der Waals surface area contributed by atoms with Crippen molar-refractivity contribution in [1.29, 1.82) is 0 Å². The molecule has 6 nitrogen and oxygen atoms in total. The summed E-state index contributed by atoms with van der Waals surface area (Å²) < 4.78 is 31.2. The highest BCUT2D eigenvalue weighted by atomic mass is 32.2. The normalized spacial score (nSPS) is 13.1. The van der Waals surface area contributed by atoms with Crippen LogP contribution < -0.4 is 4.72 Å². The zero-order valence-corrected chi connectivity index (χ0v) is 12.3. The van der Waals surface area contributed by atoms with E-state index in [0.29, 0.717) is 13.0 Å². The van der Waals surface area contributed by atoms with Gasteiger partial charge in [-0.15, -0.1) is 0 Å². The summed E-state index contributed by atoms with van der Waals surface area (Å²) in [5.41, 5.74) is 0.929. The van der Waals surface area contributed by atoms with Crippen molar-refractivity contribution >= 4 is 16.0 Å². The maximum absolute atomic E-state index is 12.1. The smallest absolute Gasteiger partial charge is 0.321 e. The Balaban J connectivity index is 2.80. The van der Waals surface area contributed by atoms with Crippen molar-refractivity contribution in [3.63, 3.8) is 0 Å². The number of rotatable bonds is 8. The van der Waals surface area contributed by atoms with Crippen molar-refractivity contribution in [3.05, 3.63) is 29.8 Å². The number of carboxylic acid groups (broad SMARTS) is 1. The monoisotopic (exact) mass is 301 g/mol. The van der Waals surface area contributed by atoms with Gasteiger partial charge in [-0.1, -0.05) is 17.7 Å². The number of hydrogen-bond acceptors (Lipinski definition) is 4. The number of aliphatic carboxylic acids is 1. The number of methoxy groups -OCH3 is 1. The molecule has 0 aromatic heterocycles. The van der Waals surface area contributed by atoms with Gasteiger partial charge in [0.1, 0.15) is 6.04 Å².